The second-order valence-corrected chi connectivity index (χ2v) is 5.41. The fourth-order valence-corrected chi connectivity index (χ4v) is 2.73. The van der Waals surface area contributed by atoms with Crippen LogP contribution < -0.4 is 5.73 Å². The topological polar surface area (TPSA) is 43.8 Å². The third kappa shape index (κ3) is 2.93. The van der Waals surface area contributed by atoms with E-state index < -0.39 is 0 Å². The zero-order valence-corrected chi connectivity index (χ0v) is 12.5. The van der Waals surface area contributed by atoms with Gasteiger partial charge in [0.25, 0.3) is 0 Å². The second-order valence-electron chi connectivity index (χ2n) is 5.00. The summed E-state index contributed by atoms with van der Waals surface area (Å²) in [6, 6.07) is 5.92. The summed E-state index contributed by atoms with van der Waals surface area (Å²) in [5.74, 6) is 1.61. The lowest BCUT2D eigenvalue weighted by molar-refractivity contribution is 0.490. The highest BCUT2D eigenvalue weighted by Crippen LogP contribution is 2.26. The molecule has 1 atom stereocenters. The van der Waals surface area contributed by atoms with E-state index in [-0.39, 0.29) is 0 Å². The highest BCUT2D eigenvalue weighted by Gasteiger charge is 2.15. The van der Waals surface area contributed by atoms with Crippen molar-refractivity contribution in [2.24, 2.45) is 11.7 Å². The predicted octanol–water partition coefficient (Wildman–Crippen LogP) is 3.63. The highest BCUT2D eigenvalue weighted by molar-refractivity contribution is 6.35. The van der Waals surface area contributed by atoms with E-state index in [0.717, 1.165) is 47.7 Å². The Labute approximate surface area is 119 Å². The van der Waals surface area contributed by atoms with E-state index in [1.807, 2.05) is 18.2 Å². The van der Waals surface area contributed by atoms with Crippen LogP contribution in [-0.4, -0.2) is 16.1 Å². The van der Waals surface area contributed by atoms with Crippen LogP contribution in [0.5, 0.6) is 0 Å². The second kappa shape index (κ2) is 6.40. The van der Waals surface area contributed by atoms with Gasteiger partial charge in [0.05, 0.1) is 16.1 Å². The Morgan fingerprint density at radius 2 is 2.16 bits per heavy atom. The van der Waals surface area contributed by atoms with Crippen LogP contribution in [0.25, 0.3) is 11.0 Å². The maximum Gasteiger partial charge on any atom is 0.110 e. The van der Waals surface area contributed by atoms with Crippen molar-refractivity contribution >= 4 is 22.6 Å². The van der Waals surface area contributed by atoms with Crippen molar-refractivity contribution in [1.29, 1.82) is 0 Å². The summed E-state index contributed by atoms with van der Waals surface area (Å²) in [5.41, 5.74) is 7.87. The highest BCUT2D eigenvalue weighted by atomic mass is 35.5. The molecule has 0 aliphatic heterocycles. The number of aryl methyl sites for hydroxylation is 1. The molecule has 1 heterocycles. The Morgan fingerprint density at radius 3 is 2.79 bits per heavy atom. The quantitative estimate of drug-likeness (QED) is 0.877. The minimum Gasteiger partial charge on any atom is -0.330 e. The summed E-state index contributed by atoms with van der Waals surface area (Å²) in [7, 11) is 0. The van der Waals surface area contributed by atoms with Gasteiger partial charge in [-0.2, -0.15) is 0 Å². The number of hydrogen-bond acceptors (Lipinski definition) is 2. The molecule has 0 amide bonds. The number of aromatic nitrogens is 2. The molecule has 2 rings (SSSR count). The molecule has 1 unspecified atom stereocenters. The van der Waals surface area contributed by atoms with Crippen molar-refractivity contribution < 1.29 is 0 Å². The van der Waals surface area contributed by atoms with Gasteiger partial charge in [0.1, 0.15) is 5.82 Å². The molecule has 0 aliphatic rings. The molecule has 0 spiro atoms. The number of para-hydroxylation sites is 1. The number of fused-ring (bicyclic) bond motifs is 1. The van der Waals surface area contributed by atoms with Gasteiger partial charge in [-0.25, -0.2) is 4.98 Å². The number of nitrogens with two attached hydrogens (primary N) is 1. The molecule has 104 valence electrons. The van der Waals surface area contributed by atoms with Crippen LogP contribution in [0, 0.1) is 5.92 Å². The van der Waals surface area contributed by atoms with Crippen LogP contribution in [0.15, 0.2) is 18.2 Å². The summed E-state index contributed by atoms with van der Waals surface area (Å²) in [6.45, 7) is 6.01. The summed E-state index contributed by atoms with van der Waals surface area (Å²) in [5, 5.41) is 0.783. The summed E-state index contributed by atoms with van der Waals surface area (Å²) < 4.78 is 2.26. The third-order valence-electron chi connectivity index (χ3n) is 3.63. The van der Waals surface area contributed by atoms with Gasteiger partial charge in [-0.1, -0.05) is 37.9 Å². The SMILES string of the molecule is CCCn1c(CC(CC)CN)nc2cccc(Cl)c21. The van der Waals surface area contributed by atoms with Crippen molar-refractivity contribution in [3.8, 4) is 0 Å². The Morgan fingerprint density at radius 1 is 1.37 bits per heavy atom. The summed E-state index contributed by atoms with van der Waals surface area (Å²) in [4.78, 5) is 4.75. The summed E-state index contributed by atoms with van der Waals surface area (Å²) in [6.07, 6.45) is 3.08. The Kier molecular flexibility index (Phi) is 4.83. The van der Waals surface area contributed by atoms with Gasteiger partial charge in [0.15, 0.2) is 0 Å². The minimum atomic E-state index is 0.492. The van der Waals surface area contributed by atoms with Crippen LogP contribution in [0.1, 0.15) is 32.5 Å². The lowest BCUT2D eigenvalue weighted by Crippen LogP contribution is -2.18. The van der Waals surface area contributed by atoms with Crippen molar-refractivity contribution in [3.63, 3.8) is 0 Å². The van der Waals surface area contributed by atoms with Crippen molar-refractivity contribution in [1.82, 2.24) is 9.55 Å². The van der Waals surface area contributed by atoms with Gasteiger partial charge in [-0.15, -0.1) is 0 Å². The van der Waals surface area contributed by atoms with E-state index in [9.17, 15) is 0 Å². The molecule has 4 heteroatoms. The van der Waals surface area contributed by atoms with E-state index in [1.165, 1.54) is 0 Å². The standard InChI is InChI=1S/C15H22ClN3/c1-3-8-19-14(9-11(4-2)10-17)18-13-7-5-6-12(16)15(13)19/h5-7,11H,3-4,8-10,17H2,1-2H3. The zero-order chi connectivity index (χ0) is 13.8. The molecule has 0 bridgehead atoms. The van der Waals surface area contributed by atoms with Crippen molar-refractivity contribution in [2.75, 3.05) is 6.54 Å². The van der Waals surface area contributed by atoms with Gasteiger partial charge < -0.3 is 10.3 Å². The number of hydrogen-bond donors (Lipinski definition) is 1. The van der Waals surface area contributed by atoms with Crippen LogP contribution in [-0.2, 0) is 13.0 Å². The van der Waals surface area contributed by atoms with E-state index >= 15 is 0 Å². The summed E-state index contributed by atoms with van der Waals surface area (Å²) >= 11 is 6.33. The van der Waals surface area contributed by atoms with E-state index in [0.29, 0.717) is 12.5 Å². The Bertz CT molecular complexity index is 544. The van der Waals surface area contributed by atoms with E-state index in [2.05, 4.69) is 18.4 Å². The molecule has 0 aliphatic carbocycles. The van der Waals surface area contributed by atoms with Gasteiger partial charge in [-0.05, 0) is 31.0 Å². The number of halogens is 1. The molecule has 0 fully saturated rings. The van der Waals surface area contributed by atoms with E-state index in [4.69, 9.17) is 22.3 Å². The fraction of sp³-hybridized carbons (Fsp3) is 0.533. The average Bonchev–Trinajstić information content (AvgIpc) is 2.76. The minimum absolute atomic E-state index is 0.492. The molecule has 19 heavy (non-hydrogen) atoms. The molecule has 3 nitrogen and oxygen atoms in total. The first-order valence-electron chi connectivity index (χ1n) is 7.04. The number of imidazole rings is 1. The number of rotatable bonds is 6. The lowest BCUT2D eigenvalue weighted by Gasteiger charge is -2.13. The van der Waals surface area contributed by atoms with Crippen LogP contribution >= 0.6 is 11.6 Å². The number of benzene rings is 1. The molecular weight excluding hydrogens is 258 g/mol. The zero-order valence-electron chi connectivity index (χ0n) is 11.7. The van der Waals surface area contributed by atoms with E-state index in [1.54, 1.807) is 0 Å². The molecule has 1 aromatic heterocycles. The first-order chi connectivity index (χ1) is 9.21. The molecule has 0 radical (unpaired) electrons. The van der Waals surface area contributed by atoms with Crippen LogP contribution in [0.4, 0.5) is 0 Å². The van der Waals surface area contributed by atoms with Crippen LogP contribution in [0.3, 0.4) is 0 Å². The fourth-order valence-electron chi connectivity index (χ4n) is 2.46. The molecule has 0 saturated carbocycles. The molecule has 0 saturated heterocycles. The van der Waals surface area contributed by atoms with Gasteiger partial charge in [-0.3, -0.25) is 0 Å². The third-order valence-corrected chi connectivity index (χ3v) is 3.93. The predicted molar refractivity (Wildman–Crippen MR) is 81.6 cm³/mol. The maximum absolute atomic E-state index is 6.33. The smallest absolute Gasteiger partial charge is 0.110 e. The van der Waals surface area contributed by atoms with Gasteiger partial charge in [0.2, 0.25) is 0 Å². The average molecular weight is 280 g/mol. The van der Waals surface area contributed by atoms with Crippen molar-refractivity contribution in [2.45, 2.75) is 39.7 Å². The monoisotopic (exact) mass is 279 g/mol. The molecule has 2 aromatic rings. The van der Waals surface area contributed by atoms with Gasteiger partial charge >= 0.3 is 0 Å². The Balaban J connectivity index is 2.47. The van der Waals surface area contributed by atoms with Gasteiger partial charge in [0, 0.05) is 13.0 Å². The molecular formula is C15H22ClN3. The Hall–Kier alpha value is -1.06. The molecule has 2 N–H and O–H groups in total. The molecule has 1 aromatic carbocycles. The maximum atomic E-state index is 6.33. The number of nitrogens with zero attached hydrogens (tertiary/aromatic N) is 2. The lowest BCUT2D eigenvalue weighted by atomic mass is 10.0. The van der Waals surface area contributed by atoms with Crippen LogP contribution in [0.2, 0.25) is 5.02 Å². The largest absolute Gasteiger partial charge is 0.330 e. The first kappa shape index (κ1) is 14.4. The normalized spacial score (nSPS) is 13.1. The first-order valence-corrected chi connectivity index (χ1v) is 7.42. The van der Waals surface area contributed by atoms with Crippen molar-refractivity contribution in [3.05, 3.63) is 29.0 Å².